The molecule has 2 bridgehead atoms. The quantitative estimate of drug-likeness (QED) is 0.134. The van der Waals surface area contributed by atoms with Gasteiger partial charge in [-0.2, -0.15) is 0 Å². The van der Waals surface area contributed by atoms with E-state index >= 15 is 0 Å². The molecule has 0 spiro atoms. The van der Waals surface area contributed by atoms with Crippen LogP contribution in [0.3, 0.4) is 0 Å². The van der Waals surface area contributed by atoms with E-state index in [-0.39, 0.29) is 10.8 Å². The Morgan fingerprint density at radius 2 is 1.25 bits per heavy atom. The number of para-hydroxylation sites is 2. The molecule has 0 N–H and O–H groups in total. The van der Waals surface area contributed by atoms with Crippen LogP contribution in [0, 0.1) is 0 Å². The van der Waals surface area contributed by atoms with E-state index in [0.717, 1.165) is 88.6 Å². The number of hydrogen-bond donors (Lipinski definition) is 0. The second kappa shape index (κ2) is 19.2. The lowest BCUT2D eigenvalue weighted by molar-refractivity contribution is 0.590. The van der Waals surface area contributed by atoms with E-state index in [1.165, 1.54) is 27.8 Å². The van der Waals surface area contributed by atoms with Crippen LogP contribution in [0.5, 0.6) is 0 Å². The molecule has 0 saturated carbocycles. The van der Waals surface area contributed by atoms with Gasteiger partial charge < -0.3 is 19.1 Å². The summed E-state index contributed by atoms with van der Waals surface area (Å²) in [6.07, 6.45) is 9.93. The van der Waals surface area contributed by atoms with Crippen molar-refractivity contribution in [2.45, 2.75) is 55.2 Å². The van der Waals surface area contributed by atoms with Crippen LogP contribution in [0.15, 0.2) is 258 Å². The summed E-state index contributed by atoms with van der Waals surface area (Å²) in [6, 6.07) is 74.1. The molecule has 1 aliphatic heterocycles. The first kappa shape index (κ1) is 47.8. The number of fused-ring (bicyclic) bond motifs is 8. The molecule has 12 rings (SSSR count). The van der Waals surface area contributed by atoms with Crippen molar-refractivity contribution in [3.63, 3.8) is 0 Å². The minimum absolute atomic E-state index is 0.105. The second-order valence-corrected chi connectivity index (χ2v) is 22.2. The Morgan fingerprint density at radius 1 is 0.587 bits per heavy atom. The Morgan fingerprint density at radius 3 is 2.03 bits per heavy atom. The number of hydrogen-bond acceptors (Lipinski definition) is 5. The van der Waals surface area contributed by atoms with Crippen molar-refractivity contribution in [1.82, 2.24) is 0 Å². The lowest BCUT2D eigenvalue weighted by atomic mass is 9.82. The minimum atomic E-state index is -0.190. The summed E-state index contributed by atoms with van der Waals surface area (Å²) >= 11 is 10.0. The Balaban J connectivity index is 1.11. The van der Waals surface area contributed by atoms with Gasteiger partial charge in [0, 0.05) is 37.5 Å². The predicted octanol–water partition coefficient (Wildman–Crippen LogP) is 20.7. The van der Waals surface area contributed by atoms with Crippen LogP contribution in [0.4, 0.5) is 45.5 Å². The first-order valence-corrected chi connectivity index (χ1v) is 26.7. The van der Waals surface area contributed by atoms with Crippen LogP contribution in [-0.2, 0) is 10.8 Å². The predicted molar refractivity (Wildman–Crippen MR) is 319 cm³/mol. The van der Waals surface area contributed by atoms with Crippen molar-refractivity contribution < 1.29 is 4.42 Å². The highest BCUT2D eigenvalue weighted by atomic mass is 35.5. The molecular weight excluding hydrogens is 954 g/mol. The Hall–Kier alpha value is -8.22. The molecule has 0 radical (unpaired) electrons. The highest BCUT2D eigenvalue weighted by molar-refractivity contribution is 7.99. The lowest BCUT2D eigenvalue weighted by Crippen LogP contribution is -2.19. The van der Waals surface area contributed by atoms with Crippen LogP contribution in [0.25, 0.3) is 38.9 Å². The standard InChI is InChI=1S/C69H56ClN3OS/c1-7-8-11-32-57(47-26-14-10-15-27-47)71-49-28-22-29-50(42-49)72(60-34-19-21-38-66(60)75-65-37-20-18-33-59(65)71)61-35-23-36-62(67(61)70)73(58-40-39-48(68(2,3)4)41-52(58)46-24-12-9-13-25-46)63-45-74-64-44-56-53(43-54(63)64)51-30-16-17-31-55(51)69(56,5)6/h7-45H,1H2,2-6H3/b11-8-,57-32+. The number of anilines is 8. The zero-order chi connectivity index (χ0) is 51.4. The Kier molecular flexibility index (Phi) is 12.3. The fourth-order valence-electron chi connectivity index (χ4n) is 11.0. The van der Waals surface area contributed by atoms with Crippen molar-refractivity contribution in [2.75, 3.05) is 14.7 Å². The summed E-state index contributed by atoms with van der Waals surface area (Å²) in [7, 11) is 0. The van der Waals surface area contributed by atoms with Crippen LogP contribution in [0.1, 0.15) is 56.9 Å². The molecule has 0 fully saturated rings. The third-order valence-electron chi connectivity index (χ3n) is 14.7. The van der Waals surface area contributed by atoms with E-state index in [0.29, 0.717) is 5.02 Å². The van der Waals surface area contributed by atoms with Crippen molar-refractivity contribution in [1.29, 1.82) is 0 Å². The molecule has 9 aromatic carbocycles. The van der Waals surface area contributed by atoms with Gasteiger partial charge in [0.2, 0.25) is 0 Å². The summed E-state index contributed by atoms with van der Waals surface area (Å²) in [5.74, 6) is 0. The molecule has 10 aromatic rings. The number of benzene rings is 9. The van der Waals surface area contributed by atoms with Gasteiger partial charge >= 0.3 is 0 Å². The van der Waals surface area contributed by atoms with E-state index in [1.54, 1.807) is 11.8 Å². The zero-order valence-corrected chi connectivity index (χ0v) is 44.3. The summed E-state index contributed by atoms with van der Waals surface area (Å²) in [5.41, 5.74) is 18.6. The SMILES string of the molecule is C=C/C=C\C=C(/c1ccccc1)N1c2cccc(c2)N(c2cccc(N(c3ccc(C(C)(C)C)cc3-c3ccccc3)c3coc4cc5c(cc34)-c3ccccc3C5(C)C)c2Cl)c2ccccc2Sc2ccccc21. The third kappa shape index (κ3) is 8.47. The molecule has 0 unspecified atom stereocenters. The largest absolute Gasteiger partial charge is 0.462 e. The fraction of sp³-hybridized carbons (Fsp3) is 0.101. The molecular formula is C69H56ClN3OS. The average Bonchev–Trinajstić information content (AvgIpc) is 3.99. The average molecular weight is 1010 g/mol. The molecule has 75 heavy (non-hydrogen) atoms. The molecule has 1 aromatic heterocycles. The number of halogens is 1. The first-order chi connectivity index (χ1) is 36.5. The molecule has 2 aliphatic rings. The Bertz CT molecular complexity index is 3880. The number of furan rings is 1. The van der Waals surface area contributed by atoms with E-state index < -0.39 is 0 Å². The third-order valence-corrected chi connectivity index (χ3v) is 16.2. The molecule has 0 saturated heterocycles. The molecule has 0 atom stereocenters. The maximum Gasteiger partial charge on any atom is 0.136 e. The van der Waals surface area contributed by atoms with Gasteiger partial charge in [-0.05, 0) is 129 Å². The van der Waals surface area contributed by atoms with Gasteiger partial charge in [0.1, 0.15) is 11.8 Å². The highest BCUT2D eigenvalue weighted by Crippen LogP contribution is 2.56. The Labute approximate surface area is 450 Å². The molecule has 366 valence electrons. The second-order valence-electron chi connectivity index (χ2n) is 20.7. The van der Waals surface area contributed by atoms with Crippen LogP contribution < -0.4 is 14.7 Å². The van der Waals surface area contributed by atoms with Crippen molar-refractivity contribution >= 4 is 85.5 Å². The summed E-state index contributed by atoms with van der Waals surface area (Å²) in [6.45, 7) is 15.4. The van der Waals surface area contributed by atoms with Crippen molar-refractivity contribution in [3.8, 4) is 22.3 Å². The van der Waals surface area contributed by atoms with E-state index in [1.807, 2.05) is 18.4 Å². The highest BCUT2D eigenvalue weighted by Gasteiger charge is 2.37. The number of nitrogens with zero attached hydrogens (tertiary/aromatic N) is 3. The van der Waals surface area contributed by atoms with Gasteiger partial charge in [-0.1, -0.05) is 210 Å². The molecule has 2 heterocycles. The lowest BCUT2D eigenvalue weighted by Gasteiger charge is -2.35. The van der Waals surface area contributed by atoms with Gasteiger partial charge in [-0.3, -0.25) is 0 Å². The minimum Gasteiger partial charge on any atom is -0.462 e. The van der Waals surface area contributed by atoms with Gasteiger partial charge in [0.25, 0.3) is 0 Å². The van der Waals surface area contributed by atoms with E-state index in [9.17, 15) is 0 Å². The zero-order valence-electron chi connectivity index (χ0n) is 42.8. The van der Waals surface area contributed by atoms with E-state index in [4.69, 9.17) is 16.0 Å². The van der Waals surface area contributed by atoms with Gasteiger partial charge in [0.15, 0.2) is 0 Å². The maximum atomic E-state index is 8.25. The topological polar surface area (TPSA) is 22.9 Å². The summed E-state index contributed by atoms with van der Waals surface area (Å²) in [5, 5.41) is 1.58. The number of rotatable bonds is 9. The summed E-state index contributed by atoms with van der Waals surface area (Å²) in [4.78, 5) is 9.21. The monoisotopic (exact) mass is 1010 g/mol. The van der Waals surface area contributed by atoms with Crippen molar-refractivity contribution in [3.05, 3.63) is 271 Å². The normalized spacial score (nSPS) is 13.8. The van der Waals surface area contributed by atoms with Gasteiger partial charge in [-0.25, -0.2) is 0 Å². The molecule has 4 nitrogen and oxygen atoms in total. The van der Waals surface area contributed by atoms with E-state index in [2.05, 4.69) is 274 Å². The number of allylic oxidation sites excluding steroid dienone is 4. The van der Waals surface area contributed by atoms with Gasteiger partial charge in [0.05, 0.1) is 44.8 Å². The first-order valence-electron chi connectivity index (χ1n) is 25.5. The van der Waals surface area contributed by atoms with Crippen molar-refractivity contribution in [2.24, 2.45) is 0 Å². The molecule has 1 aliphatic carbocycles. The summed E-state index contributed by atoms with van der Waals surface area (Å²) < 4.78 is 6.74. The van der Waals surface area contributed by atoms with Crippen LogP contribution in [-0.4, -0.2) is 0 Å². The maximum absolute atomic E-state index is 8.25. The van der Waals surface area contributed by atoms with Gasteiger partial charge in [-0.15, -0.1) is 0 Å². The van der Waals surface area contributed by atoms with Crippen LogP contribution in [0.2, 0.25) is 5.02 Å². The van der Waals surface area contributed by atoms with Crippen LogP contribution >= 0.6 is 23.4 Å². The fourth-order valence-corrected chi connectivity index (χ4v) is 12.3. The molecule has 0 amide bonds. The molecule has 6 heteroatoms. The smallest absolute Gasteiger partial charge is 0.136 e.